The highest BCUT2D eigenvalue weighted by molar-refractivity contribution is 7.90. The number of carbonyl (C=O) groups is 1. The van der Waals surface area contributed by atoms with Crippen LogP contribution in [0.1, 0.15) is 41.6 Å². The summed E-state index contributed by atoms with van der Waals surface area (Å²) in [4.78, 5) is 11.0. The molecule has 0 atom stereocenters. The third-order valence-corrected chi connectivity index (χ3v) is 5.15. The first-order chi connectivity index (χ1) is 9.90. The average Bonchev–Trinajstić information content (AvgIpc) is 2.67. The van der Waals surface area contributed by atoms with Gasteiger partial charge in [0.2, 0.25) is 0 Å². The van der Waals surface area contributed by atoms with Gasteiger partial charge in [-0.1, -0.05) is 12.8 Å². The highest BCUT2D eigenvalue weighted by Crippen LogP contribution is 2.19. The molecule has 0 saturated carbocycles. The van der Waals surface area contributed by atoms with Crippen LogP contribution in [0, 0.1) is 6.92 Å². The van der Waals surface area contributed by atoms with Crippen molar-refractivity contribution in [3.8, 4) is 0 Å². The Morgan fingerprint density at radius 3 is 2.33 bits per heavy atom. The second-order valence-electron chi connectivity index (χ2n) is 5.26. The van der Waals surface area contributed by atoms with E-state index in [1.165, 1.54) is 16.4 Å². The summed E-state index contributed by atoms with van der Waals surface area (Å²) in [5, 5.41) is 8.98. The van der Waals surface area contributed by atoms with Crippen molar-refractivity contribution < 1.29 is 18.3 Å². The van der Waals surface area contributed by atoms with Gasteiger partial charge in [0.15, 0.2) is 0 Å². The van der Waals surface area contributed by atoms with Gasteiger partial charge < -0.3 is 5.11 Å². The molecule has 6 nitrogen and oxygen atoms in total. The molecule has 1 aliphatic rings. The van der Waals surface area contributed by atoms with E-state index in [9.17, 15) is 13.2 Å². The minimum absolute atomic E-state index is 0.174. The smallest absolute Gasteiger partial charge is 0.335 e. The van der Waals surface area contributed by atoms with E-state index in [4.69, 9.17) is 5.11 Å². The highest BCUT2D eigenvalue weighted by atomic mass is 32.2. The van der Waals surface area contributed by atoms with Crippen LogP contribution in [0.4, 0.5) is 5.69 Å². The van der Waals surface area contributed by atoms with Crippen molar-refractivity contribution in [1.82, 2.24) is 4.31 Å². The van der Waals surface area contributed by atoms with Gasteiger partial charge >= 0.3 is 16.2 Å². The fourth-order valence-corrected chi connectivity index (χ4v) is 3.76. The maximum absolute atomic E-state index is 12.3. The summed E-state index contributed by atoms with van der Waals surface area (Å²) in [5.41, 5.74) is 1.09. The number of carboxylic acids is 1. The molecule has 116 valence electrons. The summed E-state index contributed by atoms with van der Waals surface area (Å²) >= 11 is 0. The Morgan fingerprint density at radius 1 is 1.19 bits per heavy atom. The largest absolute Gasteiger partial charge is 0.478 e. The fraction of sp³-hybridized carbons (Fsp3) is 0.500. The van der Waals surface area contributed by atoms with E-state index in [1.54, 1.807) is 13.0 Å². The summed E-state index contributed by atoms with van der Waals surface area (Å²) in [7, 11) is -3.57. The van der Waals surface area contributed by atoms with E-state index in [-0.39, 0.29) is 5.56 Å². The van der Waals surface area contributed by atoms with Crippen molar-refractivity contribution in [2.45, 2.75) is 32.6 Å². The molecule has 1 aromatic rings. The first-order valence-corrected chi connectivity index (χ1v) is 8.46. The van der Waals surface area contributed by atoms with Crippen LogP contribution in [0.2, 0.25) is 0 Å². The van der Waals surface area contributed by atoms with Gasteiger partial charge in [0, 0.05) is 13.1 Å². The zero-order chi connectivity index (χ0) is 15.5. The second kappa shape index (κ2) is 6.44. The fourth-order valence-electron chi connectivity index (χ4n) is 2.46. The van der Waals surface area contributed by atoms with Gasteiger partial charge in [-0.25, -0.2) is 4.79 Å². The lowest BCUT2D eigenvalue weighted by Crippen LogP contribution is -2.36. The molecule has 1 aromatic carbocycles. The Labute approximate surface area is 125 Å². The van der Waals surface area contributed by atoms with E-state index in [0.29, 0.717) is 24.3 Å². The highest BCUT2D eigenvalue weighted by Gasteiger charge is 2.23. The van der Waals surface area contributed by atoms with Gasteiger partial charge in [0.1, 0.15) is 0 Å². The lowest BCUT2D eigenvalue weighted by molar-refractivity contribution is 0.0696. The molecule has 0 bridgehead atoms. The summed E-state index contributed by atoms with van der Waals surface area (Å²) in [5.74, 6) is -1.02. The molecule has 2 rings (SSSR count). The molecular formula is C14H20N2O4S. The van der Waals surface area contributed by atoms with Gasteiger partial charge in [-0.2, -0.15) is 12.7 Å². The van der Waals surface area contributed by atoms with Gasteiger partial charge in [-0.05, 0) is 43.5 Å². The van der Waals surface area contributed by atoms with Crippen LogP contribution in [-0.4, -0.2) is 36.9 Å². The number of aromatic carboxylic acids is 1. The Bertz CT molecular complexity index is 620. The second-order valence-corrected chi connectivity index (χ2v) is 6.93. The molecule has 7 heteroatoms. The van der Waals surface area contributed by atoms with Crippen molar-refractivity contribution in [2.24, 2.45) is 0 Å². The number of hydrogen-bond acceptors (Lipinski definition) is 3. The van der Waals surface area contributed by atoms with E-state index in [0.717, 1.165) is 25.7 Å². The molecule has 1 heterocycles. The Balaban J connectivity index is 2.16. The number of nitrogens with zero attached hydrogens (tertiary/aromatic N) is 1. The van der Waals surface area contributed by atoms with Crippen LogP contribution in [-0.2, 0) is 10.2 Å². The number of hydrogen-bond donors (Lipinski definition) is 2. The monoisotopic (exact) mass is 312 g/mol. The van der Waals surface area contributed by atoms with Crippen LogP contribution in [0.25, 0.3) is 0 Å². The summed E-state index contributed by atoms with van der Waals surface area (Å²) < 4.78 is 28.7. The minimum atomic E-state index is -3.57. The molecule has 0 aromatic heterocycles. The molecule has 0 unspecified atom stereocenters. The van der Waals surface area contributed by atoms with Crippen molar-refractivity contribution in [3.63, 3.8) is 0 Å². The zero-order valence-electron chi connectivity index (χ0n) is 12.0. The molecule has 1 saturated heterocycles. The molecular weight excluding hydrogens is 292 g/mol. The van der Waals surface area contributed by atoms with Crippen molar-refractivity contribution in [3.05, 3.63) is 29.3 Å². The molecule has 0 aliphatic carbocycles. The molecule has 2 N–H and O–H groups in total. The SMILES string of the molecule is Cc1cc(NS(=O)(=O)N2CCCCCC2)ccc1C(=O)O. The van der Waals surface area contributed by atoms with E-state index in [2.05, 4.69) is 4.72 Å². The van der Waals surface area contributed by atoms with Crippen LogP contribution in [0.5, 0.6) is 0 Å². The van der Waals surface area contributed by atoms with Gasteiger partial charge in [0.05, 0.1) is 11.3 Å². The predicted molar refractivity (Wildman–Crippen MR) is 80.7 cm³/mol. The van der Waals surface area contributed by atoms with Crippen molar-refractivity contribution in [2.75, 3.05) is 17.8 Å². The summed E-state index contributed by atoms with van der Waals surface area (Å²) in [6.07, 6.45) is 3.85. The van der Waals surface area contributed by atoms with E-state index in [1.807, 2.05) is 0 Å². The molecule has 1 fully saturated rings. The third-order valence-electron chi connectivity index (χ3n) is 3.61. The van der Waals surface area contributed by atoms with Crippen molar-refractivity contribution in [1.29, 1.82) is 0 Å². The van der Waals surface area contributed by atoms with Crippen LogP contribution >= 0.6 is 0 Å². The van der Waals surface area contributed by atoms with Gasteiger partial charge in [0.25, 0.3) is 0 Å². The molecule has 0 spiro atoms. The zero-order valence-corrected chi connectivity index (χ0v) is 12.8. The van der Waals surface area contributed by atoms with Crippen LogP contribution in [0.3, 0.4) is 0 Å². The normalized spacial score (nSPS) is 17.2. The number of rotatable bonds is 4. The maximum atomic E-state index is 12.3. The van der Waals surface area contributed by atoms with Crippen molar-refractivity contribution >= 4 is 21.9 Å². The van der Waals surface area contributed by atoms with Gasteiger partial charge in [-0.15, -0.1) is 0 Å². The predicted octanol–water partition coefficient (Wildman–Crippen LogP) is 2.23. The standard InChI is InChI=1S/C14H20N2O4S/c1-11-10-12(6-7-13(11)14(17)18)15-21(19,20)16-8-4-2-3-5-9-16/h6-7,10,15H,2-5,8-9H2,1H3,(H,17,18). The number of aryl methyl sites for hydroxylation is 1. The summed E-state index contributed by atoms with van der Waals surface area (Å²) in [6.45, 7) is 2.70. The minimum Gasteiger partial charge on any atom is -0.478 e. The quantitative estimate of drug-likeness (QED) is 0.892. The molecule has 0 amide bonds. The molecule has 21 heavy (non-hydrogen) atoms. The topological polar surface area (TPSA) is 86.7 Å². The summed E-state index contributed by atoms with van der Waals surface area (Å²) in [6, 6.07) is 4.43. The third kappa shape index (κ3) is 3.95. The van der Waals surface area contributed by atoms with E-state index < -0.39 is 16.2 Å². The average molecular weight is 312 g/mol. The van der Waals surface area contributed by atoms with Gasteiger partial charge in [-0.3, -0.25) is 4.72 Å². The lowest BCUT2D eigenvalue weighted by atomic mass is 10.1. The molecule has 0 radical (unpaired) electrons. The first kappa shape index (κ1) is 15.8. The maximum Gasteiger partial charge on any atom is 0.335 e. The molecule has 1 aliphatic heterocycles. The number of benzene rings is 1. The Morgan fingerprint density at radius 2 is 1.81 bits per heavy atom. The number of anilines is 1. The Hall–Kier alpha value is -1.60. The van der Waals surface area contributed by atoms with Crippen LogP contribution in [0.15, 0.2) is 18.2 Å². The number of nitrogens with one attached hydrogen (secondary N) is 1. The number of carboxylic acid groups (broad SMARTS) is 1. The Kier molecular flexibility index (Phi) is 4.84. The van der Waals surface area contributed by atoms with Crippen LogP contribution < -0.4 is 4.72 Å². The first-order valence-electron chi connectivity index (χ1n) is 7.02. The lowest BCUT2D eigenvalue weighted by Gasteiger charge is -2.21. The van der Waals surface area contributed by atoms with E-state index >= 15 is 0 Å².